The second-order valence-corrected chi connectivity index (χ2v) is 7.06. The Morgan fingerprint density at radius 2 is 1.72 bits per heavy atom. The van der Waals surface area contributed by atoms with Gasteiger partial charge in [-0.2, -0.15) is 13.2 Å². The van der Waals surface area contributed by atoms with Crippen LogP contribution in [0.5, 0.6) is 11.5 Å². The Kier molecular flexibility index (Phi) is 7.05. The summed E-state index contributed by atoms with van der Waals surface area (Å²) < 4.78 is 49.5. The number of carbonyl (C=O) groups is 2. The molecule has 166 valence electrons. The third-order valence-corrected chi connectivity index (χ3v) is 4.57. The highest BCUT2D eigenvalue weighted by molar-refractivity contribution is 6.31. The van der Waals surface area contributed by atoms with E-state index in [1.165, 1.54) is 31.4 Å². The van der Waals surface area contributed by atoms with Gasteiger partial charge in [0.05, 0.1) is 18.2 Å². The molecule has 0 fully saturated rings. The third-order valence-electron chi connectivity index (χ3n) is 4.33. The van der Waals surface area contributed by atoms with Gasteiger partial charge in [0.1, 0.15) is 11.5 Å². The zero-order valence-corrected chi connectivity index (χ0v) is 17.5. The van der Waals surface area contributed by atoms with E-state index in [0.29, 0.717) is 10.6 Å². The van der Waals surface area contributed by atoms with Crippen molar-refractivity contribution in [3.8, 4) is 11.5 Å². The first kappa shape index (κ1) is 23.1. The second kappa shape index (κ2) is 9.74. The molecule has 0 aliphatic heterocycles. The van der Waals surface area contributed by atoms with Crippen molar-refractivity contribution in [1.82, 2.24) is 0 Å². The quantitative estimate of drug-likeness (QED) is 0.462. The van der Waals surface area contributed by atoms with E-state index in [1.807, 2.05) is 0 Å². The predicted molar refractivity (Wildman–Crippen MR) is 113 cm³/mol. The second-order valence-electron chi connectivity index (χ2n) is 6.62. The van der Waals surface area contributed by atoms with Gasteiger partial charge in [-0.05, 0) is 30.3 Å². The largest absolute Gasteiger partial charge is 0.497 e. The average molecular weight is 464 g/mol. The Morgan fingerprint density at radius 1 is 1.00 bits per heavy atom. The van der Waals surface area contributed by atoms with Gasteiger partial charge in [0, 0.05) is 22.3 Å². The Bertz CT molecular complexity index is 1130. The summed E-state index contributed by atoms with van der Waals surface area (Å²) >= 11 is 6.01. The molecule has 0 radical (unpaired) electrons. The number of ether oxygens (including phenoxy) is 2. The fraction of sp³-hybridized carbons (Fsp3) is 0.130. The maximum absolute atomic E-state index is 13.0. The van der Waals surface area contributed by atoms with E-state index in [2.05, 4.69) is 5.32 Å². The summed E-state index contributed by atoms with van der Waals surface area (Å²) in [6, 6.07) is 15.6. The standard InChI is InChI=1S/C23H17ClF3NO4/c1-31-18-10-15(23(25,26)27)9-17(12-18)28-21(29)13-32-20-8-7-16(24)11-19(20)22(30)14-5-3-2-4-6-14/h2-12H,13H2,1H3,(H,28,29). The van der Waals surface area contributed by atoms with Gasteiger partial charge >= 0.3 is 6.18 Å². The van der Waals surface area contributed by atoms with Crippen molar-refractivity contribution < 1.29 is 32.2 Å². The minimum Gasteiger partial charge on any atom is -0.497 e. The summed E-state index contributed by atoms with van der Waals surface area (Å²) in [5.41, 5.74) is -0.527. The molecule has 0 aliphatic carbocycles. The summed E-state index contributed by atoms with van der Waals surface area (Å²) in [7, 11) is 1.22. The van der Waals surface area contributed by atoms with Crippen LogP contribution in [0.3, 0.4) is 0 Å². The molecule has 0 unspecified atom stereocenters. The number of benzene rings is 3. The number of hydrogen-bond donors (Lipinski definition) is 1. The van der Waals surface area contributed by atoms with Crippen molar-refractivity contribution in [2.45, 2.75) is 6.18 Å². The van der Waals surface area contributed by atoms with Crippen molar-refractivity contribution in [3.05, 3.63) is 88.4 Å². The van der Waals surface area contributed by atoms with Gasteiger partial charge in [-0.1, -0.05) is 41.9 Å². The number of alkyl halides is 3. The van der Waals surface area contributed by atoms with Crippen molar-refractivity contribution >= 4 is 29.0 Å². The van der Waals surface area contributed by atoms with E-state index in [-0.39, 0.29) is 28.5 Å². The zero-order valence-electron chi connectivity index (χ0n) is 16.7. The summed E-state index contributed by atoms with van der Waals surface area (Å²) in [6.07, 6.45) is -4.61. The van der Waals surface area contributed by atoms with E-state index >= 15 is 0 Å². The van der Waals surface area contributed by atoms with Gasteiger partial charge < -0.3 is 14.8 Å². The summed E-state index contributed by atoms with van der Waals surface area (Å²) in [6.45, 7) is -0.546. The molecule has 0 aliphatic rings. The Balaban J connectivity index is 1.75. The minimum atomic E-state index is -4.61. The highest BCUT2D eigenvalue weighted by atomic mass is 35.5. The molecule has 0 saturated heterocycles. The van der Waals surface area contributed by atoms with E-state index in [0.717, 1.165) is 12.1 Å². The molecule has 0 saturated carbocycles. The fourth-order valence-corrected chi connectivity index (χ4v) is 3.02. The van der Waals surface area contributed by atoms with Gasteiger partial charge in [0.15, 0.2) is 12.4 Å². The van der Waals surface area contributed by atoms with E-state index < -0.39 is 24.3 Å². The Labute approximate surface area is 186 Å². The van der Waals surface area contributed by atoms with Crippen molar-refractivity contribution in [3.63, 3.8) is 0 Å². The molecule has 0 atom stereocenters. The van der Waals surface area contributed by atoms with Gasteiger partial charge in [0.25, 0.3) is 5.91 Å². The van der Waals surface area contributed by atoms with Crippen LogP contribution >= 0.6 is 11.6 Å². The number of amides is 1. The van der Waals surface area contributed by atoms with Gasteiger partial charge in [-0.3, -0.25) is 9.59 Å². The van der Waals surface area contributed by atoms with E-state index in [4.69, 9.17) is 21.1 Å². The maximum Gasteiger partial charge on any atom is 0.416 e. The lowest BCUT2D eigenvalue weighted by Gasteiger charge is -2.14. The van der Waals surface area contributed by atoms with E-state index in [1.54, 1.807) is 30.3 Å². The molecule has 0 aromatic heterocycles. The Hall–Kier alpha value is -3.52. The van der Waals surface area contributed by atoms with Gasteiger partial charge in [0.2, 0.25) is 0 Å². The number of methoxy groups -OCH3 is 1. The summed E-state index contributed by atoms with van der Waals surface area (Å²) in [4.78, 5) is 25.1. The molecular weight excluding hydrogens is 447 g/mol. The van der Waals surface area contributed by atoms with Crippen LogP contribution in [0.1, 0.15) is 21.5 Å². The number of hydrogen-bond acceptors (Lipinski definition) is 4. The smallest absolute Gasteiger partial charge is 0.416 e. The molecule has 0 heterocycles. The molecule has 9 heteroatoms. The lowest BCUT2D eigenvalue weighted by atomic mass is 10.0. The highest BCUT2D eigenvalue weighted by Crippen LogP contribution is 2.34. The lowest BCUT2D eigenvalue weighted by molar-refractivity contribution is -0.137. The number of ketones is 1. The third kappa shape index (κ3) is 5.79. The van der Waals surface area contributed by atoms with Crippen LogP contribution in [0, 0.1) is 0 Å². The lowest BCUT2D eigenvalue weighted by Crippen LogP contribution is -2.21. The summed E-state index contributed by atoms with van der Waals surface area (Å²) in [5.74, 6) is -1.03. The summed E-state index contributed by atoms with van der Waals surface area (Å²) in [5, 5.41) is 2.64. The van der Waals surface area contributed by atoms with Crippen LogP contribution in [0.15, 0.2) is 66.7 Å². The topological polar surface area (TPSA) is 64.6 Å². The van der Waals surface area contributed by atoms with Crippen LogP contribution in [0.4, 0.5) is 18.9 Å². The number of carbonyl (C=O) groups excluding carboxylic acids is 2. The predicted octanol–water partition coefficient (Wildman–Crippen LogP) is 5.62. The van der Waals surface area contributed by atoms with Gasteiger partial charge in [-0.15, -0.1) is 0 Å². The van der Waals surface area contributed by atoms with Crippen LogP contribution in [0.2, 0.25) is 5.02 Å². The number of nitrogens with one attached hydrogen (secondary N) is 1. The van der Waals surface area contributed by atoms with Crippen LogP contribution in [-0.4, -0.2) is 25.4 Å². The first-order chi connectivity index (χ1) is 15.2. The fourth-order valence-electron chi connectivity index (χ4n) is 2.84. The average Bonchev–Trinajstić information content (AvgIpc) is 2.77. The molecule has 1 N–H and O–H groups in total. The van der Waals surface area contributed by atoms with Crippen LogP contribution in [-0.2, 0) is 11.0 Å². The van der Waals surface area contributed by atoms with E-state index in [9.17, 15) is 22.8 Å². The molecule has 1 amide bonds. The van der Waals surface area contributed by atoms with Crippen molar-refractivity contribution in [1.29, 1.82) is 0 Å². The molecule has 3 aromatic rings. The monoisotopic (exact) mass is 463 g/mol. The molecule has 0 spiro atoms. The molecule has 3 rings (SSSR count). The first-order valence-corrected chi connectivity index (χ1v) is 9.63. The first-order valence-electron chi connectivity index (χ1n) is 9.25. The van der Waals surface area contributed by atoms with Crippen LogP contribution in [0.25, 0.3) is 0 Å². The number of anilines is 1. The van der Waals surface area contributed by atoms with Crippen molar-refractivity contribution in [2.75, 3.05) is 19.0 Å². The molecule has 5 nitrogen and oxygen atoms in total. The highest BCUT2D eigenvalue weighted by Gasteiger charge is 2.31. The normalized spacial score (nSPS) is 11.0. The minimum absolute atomic E-state index is 0.0653. The van der Waals surface area contributed by atoms with Crippen molar-refractivity contribution in [2.24, 2.45) is 0 Å². The SMILES string of the molecule is COc1cc(NC(=O)COc2ccc(Cl)cc2C(=O)c2ccccc2)cc(C(F)(F)F)c1. The number of rotatable bonds is 7. The molecule has 3 aromatic carbocycles. The Morgan fingerprint density at radius 3 is 2.38 bits per heavy atom. The molecular formula is C23H17ClF3NO4. The maximum atomic E-state index is 13.0. The zero-order chi connectivity index (χ0) is 23.3. The van der Waals surface area contributed by atoms with Gasteiger partial charge in [-0.25, -0.2) is 0 Å². The molecule has 32 heavy (non-hydrogen) atoms. The number of halogens is 4. The molecule has 0 bridgehead atoms. The van der Waals surface area contributed by atoms with Crippen LogP contribution < -0.4 is 14.8 Å².